The molecule has 2 aromatic carbocycles. The maximum atomic E-state index is 5.92. The van der Waals surface area contributed by atoms with Gasteiger partial charge in [-0.15, -0.1) is 10.2 Å². The fourth-order valence-corrected chi connectivity index (χ4v) is 3.63. The van der Waals surface area contributed by atoms with E-state index in [2.05, 4.69) is 26.1 Å². The smallest absolute Gasteiger partial charge is 0.286 e. The summed E-state index contributed by atoms with van der Waals surface area (Å²) >= 11 is 0. The van der Waals surface area contributed by atoms with Gasteiger partial charge in [-0.1, -0.05) is 29.8 Å². The van der Waals surface area contributed by atoms with Crippen LogP contribution in [0.15, 0.2) is 52.9 Å². The van der Waals surface area contributed by atoms with Crippen molar-refractivity contribution >= 4 is 16.7 Å². The molecule has 0 aliphatic carbocycles. The predicted molar refractivity (Wildman–Crippen MR) is 109 cm³/mol. The number of aromatic nitrogens is 4. The van der Waals surface area contributed by atoms with Crippen LogP contribution < -0.4 is 4.90 Å². The summed E-state index contributed by atoms with van der Waals surface area (Å²) < 4.78 is 5.92. The first kappa shape index (κ1) is 16.9. The van der Waals surface area contributed by atoms with Crippen LogP contribution in [0.4, 0.5) is 5.82 Å². The summed E-state index contributed by atoms with van der Waals surface area (Å²) in [5.41, 5.74) is 2.97. The molecule has 1 saturated heterocycles. The van der Waals surface area contributed by atoms with E-state index in [1.807, 2.05) is 49.4 Å². The average molecular weight is 371 g/mol. The lowest BCUT2D eigenvalue weighted by Gasteiger charge is -2.28. The largest absolute Gasteiger partial charge is 0.413 e. The number of piperidine rings is 1. The van der Waals surface area contributed by atoms with E-state index in [-0.39, 0.29) is 0 Å². The van der Waals surface area contributed by atoms with Gasteiger partial charge in [0.15, 0.2) is 0 Å². The van der Waals surface area contributed by atoms with Gasteiger partial charge in [0.1, 0.15) is 5.82 Å². The number of para-hydroxylation sites is 1. The van der Waals surface area contributed by atoms with Crippen molar-refractivity contribution in [3.8, 4) is 23.2 Å². The quantitative estimate of drug-likeness (QED) is 0.522. The van der Waals surface area contributed by atoms with Crippen molar-refractivity contribution in [1.29, 1.82) is 0 Å². The van der Waals surface area contributed by atoms with Gasteiger partial charge in [-0.05, 0) is 50.5 Å². The summed E-state index contributed by atoms with van der Waals surface area (Å²) in [4.78, 5) is 11.9. The molecular weight excluding hydrogens is 350 g/mol. The van der Waals surface area contributed by atoms with Gasteiger partial charge in [0.05, 0.1) is 5.52 Å². The van der Waals surface area contributed by atoms with Gasteiger partial charge in [0.25, 0.3) is 5.89 Å². The number of hydrogen-bond donors (Lipinski definition) is 0. The summed E-state index contributed by atoms with van der Waals surface area (Å²) in [5.74, 6) is 2.26. The fraction of sp³-hybridized carbons (Fsp3) is 0.273. The second-order valence-corrected chi connectivity index (χ2v) is 7.21. The van der Waals surface area contributed by atoms with Gasteiger partial charge < -0.3 is 9.32 Å². The summed E-state index contributed by atoms with van der Waals surface area (Å²) in [6.07, 6.45) is 3.65. The number of anilines is 1. The Morgan fingerprint density at radius 1 is 0.821 bits per heavy atom. The first-order chi connectivity index (χ1) is 13.8. The molecule has 1 aliphatic rings. The number of fused-ring (bicyclic) bond motifs is 1. The molecule has 6 heteroatoms. The van der Waals surface area contributed by atoms with Crippen molar-refractivity contribution in [1.82, 2.24) is 20.2 Å². The SMILES string of the molecule is Cc1ccc(-c2nnc(-c3nc(N4CCCCC4)c4ccccc4n3)o2)cc1. The van der Waals surface area contributed by atoms with Crippen LogP contribution in [0.5, 0.6) is 0 Å². The Morgan fingerprint density at radius 2 is 1.57 bits per heavy atom. The monoisotopic (exact) mass is 371 g/mol. The second-order valence-electron chi connectivity index (χ2n) is 7.21. The van der Waals surface area contributed by atoms with E-state index in [1.165, 1.54) is 24.8 Å². The Bertz CT molecular complexity index is 1110. The molecule has 0 atom stereocenters. The number of hydrogen-bond acceptors (Lipinski definition) is 6. The minimum Gasteiger partial charge on any atom is -0.413 e. The number of benzene rings is 2. The fourth-order valence-electron chi connectivity index (χ4n) is 3.63. The number of rotatable bonds is 3. The molecule has 28 heavy (non-hydrogen) atoms. The molecule has 5 rings (SSSR count). The van der Waals surface area contributed by atoms with Gasteiger partial charge >= 0.3 is 0 Å². The Hall–Kier alpha value is -3.28. The van der Waals surface area contributed by atoms with Crippen molar-refractivity contribution in [2.45, 2.75) is 26.2 Å². The molecule has 2 aromatic heterocycles. The minimum atomic E-state index is 0.347. The van der Waals surface area contributed by atoms with Crippen molar-refractivity contribution < 1.29 is 4.42 Å². The topological polar surface area (TPSA) is 67.9 Å². The van der Waals surface area contributed by atoms with Crippen LogP contribution in [0, 0.1) is 6.92 Å². The van der Waals surface area contributed by atoms with Crippen LogP contribution >= 0.6 is 0 Å². The Labute approximate surface area is 163 Å². The summed E-state index contributed by atoms with van der Waals surface area (Å²) in [7, 11) is 0. The molecule has 0 N–H and O–H groups in total. The lowest BCUT2D eigenvalue weighted by molar-refractivity contribution is 0.570. The van der Waals surface area contributed by atoms with E-state index >= 15 is 0 Å². The van der Waals surface area contributed by atoms with E-state index in [4.69, 9.17) is 9.40 Å². The van der Waals surface area contributed by atoms with Crippen LogP contribution in [0.3, 0.4) is 0 Å². The highest BCUT2D eigenvalue weighted by atomic mass is 16.4. The van der Waals surface area contributed by atoms with Crippen molar-refractivity contribution in [3.63, 3.8) is 0 Å². The van der Waals surface area contributed by atoms with Crippen molar-refractivity contribution in [3.05, 3.63) is 54.1 Å². The molecule has 4 aromatic rings. The van der Waals surface area contributed by atoms with Gasteiger partial charge in [-0.2, -0.15) is 0 Å². The highest BCUT2D eigenvalue weighted by Gasteiger charge is 2.20. The Balaban J connectivity index is 1.58. The van der Waals surface area contributed by atoms with E-state index in [9.17, 15) is 0 Å². The van der Waals surface area contributed by atoms with Crippen LogP contribution in [0.1, 0.15) is 24.8 Å². The minimum absolute atomic E-state index is 0.347. The molecule has 6 nitrogen and oxygen atoms in total. The van der Waals surface area contributed by atoms with Gasteiger partial charge in [-0.3, -0.25) is 0 Å². The predicted octanol–water partition coefficient (Wildman–Crippen LogP) is 4.65. The number of nitrogens with zero attached hydrogens (tertiary/aromatic N) is 5. The Morgan fingerprint density at radius 3 is 2.39 bits per heavy atom. The molecule has 0 bridgehead atoms. The first-order valence-corrected chi connectivity index (χ1v) is 9.70. The molecule has 0 amide bonds. The molecule has 0 saturated carbocycles. The van der Waals surface area contributed by atoms with Crippen molar-refractivity contribution in [2.75, 3.05) is 18.0 Å². The van der Waals surface area contributed by atoms with Crippen molar-refractivity contribution in [2.24, 2.45) is 0 Å². The standard InChI is InChI=1S/C22H21N5O/c1-15-9-11-16(12-10-15)21-25-26-22(28-21)19-23-18-8-4-3-7-17(18)20(24-19)27-13-5-2-6-14-27/h3-4,7-12H,2,5-6,13-14H2,1H3. The number of aryl methyl sites for hydroxylation is 1. The normalized spacial score (nSPS) is 14.5. The lowest BCUT2D eigenvalue weighted by atomic mass is 10.1. The summed E-state index contributed by atoms with van der Waals surface area (Å²) in [5, 5.41) is 9.48. The van der Waals surface area contributed by atoms with E-state index in [0.717, 1.165) is 35.4 Å². The average Bonchev–Trinajstić information content (AvgIpc) is 3.24. The molecule has 140 valence electrons. The zero-order valence-electron chi connectivity index (χ0n) is 15.8. The molecule has 1 fully saturated rings. The molecule has 0 spiro atoms. The molecule has 0 radical (unpaired) electrons. The lowest BCUT2D eigenvalue weighted by Crippen LogP contribution is -2.30. The molecule has 0 unspecified atom stereocenters. The molecule has 3 heterocycles. The van der Waals surface area contributed by atoms with Crippen LogP contribution in [-0.4, -0.2) is 33.3 Å². The summed E-state index contributed by atoms with van der Waals surface area (Å²) in [6, 6.07) is 16.1. The zero-order chi connectivity index (χ0) is 18.9. The third-order valence-electron chi connectivity index (χ3n) is 5.15. The highest BCUT2D eigenvalue weighted by molar-refractivity contribution is 5.90. The third kappa shape index (κ3) is 3.11. The third-order valence-corrected chi connectivity index (χ3v) is 5.15. The van der Waals surface area contributed by atoms with Gasteiger partial charge in [0, 0.05) is 24.0 Å². The second kappa shape index (κ2) is 7.03. The van der Waals surface area contributed by atoms with Gasteiger partial charge in [0.2, 0.25) is 11.7 Å². The molecule has 1 aliphatic heterocycles. The first-order valence-electron chi connectivity index (χ1n) is 9.70. The molecular formula is C22H21N5O. The maximum Gasteiger partial charge on any atom is 0.286 e. The zero-order valence-corrected chi connectivity index (χ0v) is 15.8. The van der Waals surface area contributed by atoms with Gasteiger partial charge in [-0.25, -0.2) is 9.97 Å². The highest BCUT2D eigenvalue weighted by Crippen LogP contribution is 2.30. The Kier molecular flexibility index (Phi) is 4.24. The summed E-state index contributed by atoms with van der Waals surface area (Å²) in [6.45, 7) is 4.08. The van der Waals surface area contributed by atoms with E-state index in [0.29, 0.717) is 17.6 Å². The maximum absolute atomic E-state index is 5.92. The van der Waals surface area contributed by atoms with Crippen LogP contribution in [0.25, 0.3) is 34.1 Å². The van der Waals surface area contributed by atoms with E-state index < -0.39 is 0 Å². The van der Waals surface area contributed by atoms with E-state index in [1.54, 1.807) is 0 Å². The van der Waals surface area contributed by atoms with Crippen LogP contribution in [-0.2, 0) is 0 Å². The van der Waals surface area contributed by atoms with Crippen LogP contribution in [0.2, 0.25) is 0 Å².